The molecule has 0 saturated carbocycles. The van der Waals surface area contributed by atoms with Gasteiger partial charge in [-0.1, -0.05) is 17.3 Å². The molecule has 1 atom stereocenters. The van der Waals surface area contributed by atoms with Gasteiger partial charge < -0.3 is 15.6 Å². The fourth-order valence-corrected chi connectivity index (χ4v) is 1.65. The second kappa shape index (κ2) is 6.56. The fourth-order valence-electron chi connectivity index (χ4n) is 1.65. The van der Waals surface area contributed by atoms with Crippen LogP contribution in [0.1, 0.15) is 25.7 Å². The third-order valence-corrected chi connectivity index (χ3v) is 2.39. The minimum absolute atomic E-state index is 0.108. The van der Waals surface area contributed by atoms with Crippen LogP contribution in [0.3, 0.4) is 0 Å². The predicted octanol–water partition coefficient (Wildman–Crippen LogP) is 0.897. The van der Waals surface area contributed by atoms with E-state index in [9.17, 15) is 0 Å². The van der Waals surface area contributed by atoms with Crippen LogP contribution in [0.2, 0.25) is 0 Å². The second-order valence-corrected chi connectivity index (χ2v) is 3.41. The van der Waals surface area contributed by atoms with Crippen LogP contribution in [0.4, 0.5) is 0 Å². The second-order valence-electron chi connectivity index (χ2n) is 3.41. The summed E-state index contributed by atoms with van der Waals surface area (Å²) in [7, 11) is 0. The lowest BCUT2D eigenvalue weighted by Crippen LogP contribution is -2.38. The minimum atomic E-state index is 0.108. The maximum atomic E-state index is 8.84. The Morgan fingerprint density at radius 3 is 2.93 bits per heavy atom. The van der Waals surface area contributed by atoms with Crippen molar-refractivity contribution in [3.63, 3.8) is 0 Å². The summed E-state index contributed by atoms with van der Waals surface area (Å²) >= 11 is 0. The van der Waals surface area contributed by atoms with E-state index >= 15 is 0 Å². The first-order valence-electron chi connectivity index (χ1n) is 5.08. The van der Waals surface area contributed by atoms with Gasteiger partial charge in [0, 0.05) is 12.6 Å². The van der Waals surface area contributed by atoms with Crippen LogP contribution < -0.4 is 5.32 Å². The lowest BCUT2D eigenvalue weighted by molar-refractivity contribution is 0.285. The number of rotatable bonds is 3. The van der Waals surface area contributed by atoms with Crippen LogP contribution in [-0.4, -0.2) is 35.2 Å². The average molecular weight is 198 g/mol. The van der Waals surface area contributed by atoms with Crippen LogP contribution in [0.5, 0.6) is 0 Å². The molecule has 1 rings (SSSR count). The molecular formula is C10H18N2O2. The molecule has 80 valence electrons. The van der Waals surface area contributed by atoms with Gasteiger partial charge in [0.25, 0.3) is 0 Å². The maximum absolute atomic E-state index is 8.84. The molecular weight excluding hydrogens is 180 g/mol. The zero-order valence-corrected chi connectivity index (χ0v) is 8.32. The molecule has 0 aromatic carbocycles. The van der Waals surface area contributed by atoms with E-state index in [0.717, 1.165) is 31.4 Å². The molecule has 14 heavy (non-hydrogen) atoms. The van der Waals surface area contributed by atoms with E-state index in [4.69, 9.17) is 10.3 Å². The number of aliphatic hydroxyl groups excluding tert-OH is 1. The fraction of sp³-hybridized carbons (Fsp3) is 0.700. The van der Waals surface area contributed by atoms with Crippen molar-refractivity contribution in [2.75, 3.05) is 13.2 Å². The van der Waals surface area contributed by atoms with Gasteiger partial charge in [0.15, 0.2) is 0 Å². The van der Waals surface area contributed by atoms with Crippen LogP contribution in [0.25, 0.3) is 0 Å². The summed E-state index contributed by atoms with van der Waals surface area (Å²) in [5, 5.41) is 24.0. The van der Waals surface area contributed by atoms with E-state index in [0.29, 0.717) is 6.54 Å². The Hall–Kier alpha value is -0.870. The van der Waals surface area contributed by atoms with E-state index in [1.807, 2.05) is 0 Å². The lowest BCUT2D eigenvalue weighted by atomic mass is 9.99. The molecule has 0 aliphatic heterocycles. The largest absolute Gasteiger partial charge is 0.411 e. The molecule has 0 heterocycles. The third-order valence-electron chi connectivity index (χ3n) is 2.39. The van der Waals surface area contributed by atoms with Gasteiger partial charge in [-0.05, 0) is 25.7 Å². The Morgan fingerprint density at radius 1 is 1.43 bits per heavy atom. The van der Waals surface area contributed by atoms with E-state index in [-0.39, 0.29) is 12.6 Å². The average Bonchev–Trinajstić information content (AvgIpc) is 2.17. The van der Waals surface area contributed by atoms with Crippen LogP contribution in [-0.2, 0) is 0 Å². The summed E-state index contributed by atoms with van der Waals surface area (Å²) in [4.78, 5) is 0. The Bertz CT molecular complexity index is 214. The summed E-state index contributed by atoms with van der Waals surface area (Å²) < 4.78 is 0. The number of nitrogens with one attached hydrogen (secondary N) is 1. The standard InChI is InChI=1S/C10H18N2O2/c13-8-7-11-9-5-3-1-2-4-6-10(9)12-14/h1-2,9,11,13-14H,3-8H2/b2-1?,12-10+/t9-/m0/s1. The topological polar surface area (TPSA) is 64.8 Å². The summed E-state index contributed by atoms with van der Waals surface area (Å²) in [6.07, 6.45) is 7.90. The molecule has 0 aromatic rings. The smallest absolute Gasteiger partial charge is 0.0742 e. The number of nitrogens with zero attached hydrogens (tertiary/aromatic N) is 1. The molecule has 4 heteroatoms. The van der Waals surface area contributed by atoms with Gasteiger partial charge in [-0.2, -0.15) is 0 Å². The van der Waals surface area contributed by atoms with Gasteiger partial charge in [0.2, 0.25) is 0 Å². The highest BCUT2D eigenvalue weighted by atomic mass is 16.4. The van der Waals surface area contributed by atoms with Crippen molar-refractivity contribution >= 4 is 5.71 Å². The first-order valence-corrected chi connectivity index (χ1v) is 5.08. The van der Waals surface area contributed by atoms with Crippen LogP contribution in [0, 0.1) is 0 Å². The predicted molar refractivity (Wildman–Crippen MR) is 55.7 cm³/mol. The first kappa shape index (κ1) is 11.2. The molecule has 1 aliphatic rings. The van der Waals surface area contributed by atoms with Gasteiger partial charge >= 0.3 is 0 Å². The van der Waals surface area contributed by atoms with Crippen LogP contribution >= 0.6 is 0 Å². The third kappa shape index (κ3) is 3.47. The van der Waals surface area contributed by atoms with E-state index < -0.39 is 0 Å². The molecule has 0 amide bonds. The number of hydrogen-bond donors (Lipinski definition) is 3. The Balaban J connectivity index is 2.52. The van der Waals surface area contributed by atoms with Crippen molar-refractivity contribution in [3.05, 3.63) is 12.2 Å². The van der Waals surface area contributed by atoms with Gasteiger partial charge in [0.1, 0.15) is 0 Å². The minimum Gasteiger partial charge on any atom is -0.411 e. The van der Waals surface area contributed by atoms with E-state index in [2.05, 4.69) is 22.6 Å². The molecule has 0 radical (unpaired) electrons. The van der Waals surface area contributed by atoms with Gasteiger partial charge in [-0.25, -0.2) is 0 Å². The zero-order valence-electron chi connectivity index (χ0n) is 8.32. The highest BCUT2D eigenvalue weighted by Crippen LogP contribution is 2.10. The number of aliphatic hydroxyl groups is 1. The summed E-state index contributed by atoms with van der Waals surface area (Å²) in [5.74, 6) is 0. The van der Waals surface area contributed by atoms with Crippen molar-refractivity contribution in [1.82, 2.24) is 5.32 Å². The molecule has 0 fully saturated rings. The Morgan fingerprint density at radius 2 is 2.21 bits per heavy atom. The van der Waals surface area contributed by atoms with Gasteiger partial charge in [0.05, 0.1) is 12.3 Å². The lowest BCUT2D eigenvalue weighted by Gasteiger charge is -2.19. The number of oxime groups is 1. The van der Waals surface area contributed by atoms with E-state index in [1.54, 1.807) is 0 Å². The number of hydrogen-bond acceptors (Lipinski definition) is 4. The monoisotopic (exact) mass is 198 g/mol. The molecule has 4 nitrogen and oxygen atoms in total. The Kier molecular flexibility index (Phi) is 5.25. The highest BCUT2D eigenvalue weighted by Gasteiger charge is 2.15. The highest BCUT2D eigenvalue weighted by molar-refractivity contribution is 5.89. The quantitative estimate of drug-likeness (QED) is 0.358. The molecule has 0 unspecified atom stereocenters. The van der Waals surface area contributed by atoms with Crippen molar-refractivity contribution < 1.29 is 10.3 Å². The molecule has 0 saturated heterocycles. The van der Waals surface area contributed by atoms with Gasteiger partial charge in [-0.15, -0.1) is 0 Å². The summed E-state index contributed by atoms with van der Waals surface area (Å²) in [5.41, 5.74) is 0.794. The first-order chi connectivity index (χ1) is 6.88. The zero-order chi connectivity index (χ0) is 10.2. The molecule has 1 aliphatic carbocycles. The van der Waals surface area contributed by atoms with Crippen LogP contribution in [0.15, 0.2) is 17.3 Å². The van der Waals surface area contributed by atoms with Crippen molar-refractivity contribution in [1.29, 1.82) is 0 Å². The molecule has 0 spiro atoms. The van der Waals surface area contributed by atoms with Crippen molar-refractivity contribution in [3.8, 4) is 0 Å². The molecule has 3 N–H and O–H groups in total. The SMILES string of the molecule is OCCN[C@H]1CCC=CCC/C1=N\O. The summed E-state index contributed by atoms with van der Waals surface area (Å²) in [6, 6.07) is 0.108. The molecule has 0 bridgehead atoms. The van der Waals surface area contributed by atoms with Crippen molar-refractivity contribution in [2.45, 2.75) is 31.7 Å². The van der Waals surface area contributed by atoms with Crippen molar-refractivity contribution in [2.24, 2.45) is 5.16 Å². The molecule has 0 aromatic heterocycles. The van der Waals surface area contributed by atoms with E-state index in [1.165, 1.54) is 0 Å². The normalized spacial score (nSPS) is 26.1. The summed E-state index contributed by atoms with van der Waals surface area (Å²) in [6.45, 7) is 0.665. The maximum Gasteiger partial charge on any atom is 0.0742 e. The van der Waals surface area contributed by atoms with Gasteiger partial charge in [-0.3, -0.25) is 0 Å². The Labute approximate surface area is 84.3 Å². The number of allylic oxidation sites excluding steroid dienone is 2.